The molecule has 0 unspecified atom stereocenters. The monoisotopic (exact) mass is 445 g/mol. The molecule has 0 fully saturated rings. The normalized spacial score (nSPS) is 11.7. The Kier molecular flexibility index (Phi) is 7.53. The summed E-state index contributed by atoms with van der Waals surface area (Å²) in [4.78, 5) is 27.2. The van der Waals surface area contributed by atoms with Crippen LogP contribution in [-0.4, -0.2) is 46.7 Å². The number of hydrogen-bond acceptors (Lipinski definition) is 6. The largest absolute Gasteiger partial charge is 0.454 e. The number of carbonyl (C=O) groups is 2. The number of nitrogens with one attached hydrogen (secondary N) is 2. The molecule has 2 N–H and O–H groups in total. The number of thioether (sulfide) groups is 1. The Bertz CT molecular complexity index is 948. The average molecular weight is 446 g/mol. The van der Waals surface area contributed by atoms with Crippen LogP contribution in [0.5, 0.6) is 11.5 Å². The molecular weight excluding hydrogens is 422 g/mol. The van der Waals surface area contributed by atoms with E-state index in [9.17, 15) is 9.59 Å². The van der Waals surface area contributed by atoms with Crippen LogP contribution in [0.3, 0.4) is 0 Å². The SMILES string of the molecule is CCN(CC)C(=S)SCC(=O)Nc1ccccc1C(=O)Nc1ccc2c(c1)OCO2. The van der Waals surface area contributed by atoms with Crippen molar-refractivity contribution in [1.29, 1.82) is 0 Å². The van der Waals surface area contributed by atoms with E-state index in [4.69, 9.17) is 21.7 Å². The number of fused-ring (bicyclic) bond motifs is 1. The number of ether oxygens (including phenoxy) is 2. The lowest BCUT2D eigenvalue weighted by Gasteiger charge is -2.20. The number of carbonyl (C=O) groups excluding carboxylic acids is 2. The molecule has 1 aliphatic rings. The summed E-state index contributed by atoms with van der Waals surface area (Å²) in [7, 11) is 0. The molecule has 3 rings (SSSR count). The van der Waals surface area contributed by atoms with Crippen LogP contribution in [0, 0.1) is 0 Å². The van der Waals surface area contributed by atoms with E-state index in [-0.39, 0.29) is 24.4 Å². The van der Waals surface area contributed by atoms with E-state index in [1.165, 1.54) is 11.8 Å². The van der Waals surface area contributed by atoms with E-state index in [1.807, 2.05) is 18.7 Å². The Morgan fingerprint density at radius 1 is 1.07 bits per heavy atom. The first kappa shape index (κ1) is 21.9. The fraction of sp³-hybridized carbons (Fsp3) is 0.286. The summed E-state index contributed by atoms with van der Waals surface area (Å²) in [6.07, 6.45) is 0. The second-order valence-electron chi connectivity index (χ2n) is 6.34. The Morgan fingerprint density at radius 2 is 1.80 bits per heavy atom. The van der Waals surface area contributed by atoms with Gasteiger partial charge in [-0.15, -0.1) is 0 Å². The molecule has 1 aliphatic heterocycles. The van der Waals surface area contributed by atoms with Crippen molar-refractivity contribution in [3.63, 3.8) is 0 Å². The van der Waals surface area contributed by atoms with Crippen LogP contribution in [-0.2, 0) is 4.79 Å². The van der Waals surface area contributed by atoms with E-state index in [1.54, 1.807) is 42.5 Å². The average Bonchev–Trinajstić information content (AvgIpc) is 3.21. The molecule has 158 valence electrons. The molecule has 2 amide bonds. The standard InChI is InChI=1S/C21H23N3O4S2/c1-3-24(4-2)21(29)30-12-19(25)23-16-8-6-5-7-15(16)20(26)22-14-9-10-17-18(11-14)28-13-27-17/h5-11H,3-4,12-13H2,1-2H3,(H,22,26)(H,23,25). The molecule has 0 bridgehead atoms. The van der Waals surface area contributed by atoms with Crippen LogP contribution in [0.25, 0.3) is 0 Å². The maximum absolute atomic E-state index is 12.8. The fourth-order valence-electron chi connectivity index (χ4n) is 2.85. The molecule has 7 nitrogen and oxygen atoms in total. The highest BCUT2D eigenvalue weighted by atomic mass is 32.2. The Hall–Kier alpha value is -2.78. The smallest absolute Gasteiger partial charge is 0.257 e. The predicted molar refractivity (Wildman–Crippen MR) is 124 cm³/mol. The zero-order valence-corrected chi connectivity index (χ0v) is 18.4. The number of thiocarbonyl (C=S) groups is 1. The minimum Gasteiger partial charge on any atom is -0.454 e. The molecule has 0 aliphatic carbocycles. The van der Waals surface area contributed by atoms with Crippen molar-refractivity contribution in [3.05, 3.63) is 48.0 Å². The van der Waals surface area contributed by atoms with Crippen molar-refractivity contribution in [2.75, 3.05) is 36.3 Å². The van der Waals surface area contributed by atoms with Gasteiger partial charge in [0, 0.05) is 24.8 Å². The predicted octanol–water partition coefficient (Wildman–Crippen LogP) is 3.97. The van der Waals surface area contributed by atoms with E-state index < -0.39 is 0 Å². The maximum Gasteiger partial charge on any atom is 0.257 e. The van der Waals surface area contributed by atoms with Crippen molar-refractivity contribution in [3.8, 4) is 11.5 Å². The van der Waals surface area contributed by atoms with Crippen LogP contribution in [0.2, 0.25) is 0 Å². The second kappa shape index (κ2) is 10.3. The van der Waals surface area contributed by atoms with Crippen molar-refractivity contribution in [2.24, 2.45) is 0 Å². The van der Waals surface area contributed by atoms with Crippen molar-refractivity contribution >= 4 is 51.5 Å². The van der Waals surface area contributed by atoms with E-state index in [2.05, 4.69) is 10.6 Å². The third kappa shape index (κ3) is 5.43. The third-order valence-electron chi connectivity index (χ3n) is 4.42. The molecule has 30 heavy (non-hydrogen) atoms. The molecule has 0 aromatic heterocycles. The summed E-state index contributed by atoms with van der Waals surface area (Å²) in [6.45, 7) is 5.80. The highest BCUT2D eigenvalue weighted by Gasteiger charge is 2.17. The first-order valence-corrected chi connectivity index (χ1v) is 10.9. The molecule has 9 heteroatoms. The molecule has 0 saturated heterocycles. The molecular formula is C21H23N3O4S2. The fourth-order valence-corrected chi connectivity index (χ4v) is 4.05. The topological polar surface area (TPSA) is 79.9 Å². The van der Waals surface area contributed by atoms with Crippen molar-refractivity contribution in [2.45, 2.75) is 13.8 Å². The summed E-state index contributed by atoms with van der Waals surface area (Å²) >= 11 is 6.67. The Morgan fingerprint density at radius 3 is 2.57 bits per heavy atom. The van der Waals surface area contributed by atoms with Gasteiger partial charge < -0.3 is 25.0 Å². The van der Waals surface area contributed by atoms with Gasteiger partial charge in [0.05, 0.1) is 17.0 Å². The molecule has 0 spiro atoms. The number of para-hydroxylation sites is 1. The lowest BCUT2D eigenvalue weighted by molar-refractivity contribution is -0.113. The van der Waals surface area contributed by atoms with Crippen LogP contribution in [0.15, 0.2) is 42.5 Å². The first-order chi connectivity index (χ1) is 14.5. The van der Waals surface area contributed by atoms with E-state index >= 15 is 0 Å². The van der Waals surface area contributed by atoms with Gasteiger partial charge in [-0.05, 0) is 38.1 Å². The summed E-state index contributed by atoms with van der Waals surface area (Å²) < 4.78 is 11.3. The van der Waals surface area contributed by atoms with Gasteiger partial charge in [-0.3, -0.25) is 9.59 Å². The number of hydrogen-bond donors (Lipinski definition) is 2. The summed E-state index contributed by atoms with van der Waals surface area (Å²) in [6, 6.07) is 12.0. The van der Waals surface area contributed by atoms with Crippen molar-refractivity contribution < 1.29 is 19.1 Å². The number of benzene rings is 2. The van der Waals surface area contributed by atoms with Gasteiger partial charge in [0.1, 0.15) is 4.32 Å². The zero-order valence-electron chi connectivity index (χ0n) is 16.8. The quantitative estimate of drug-likeness (QED) is 0.625. The molecule has 0 saturated carbocycles. The zero-order chi connectivity index (χ0) is 21.5. The molecule has 2 aromatic carbocycles. The second-order valence-corrected chi connectivity index (χ2v) is 7.95. The first-order valence-electron chi connectivity index (χ1n) is 9.53. The summed E-state index contributed by atoms with van der Waals surface area (Å²) in [5.74, 6) is 0.832. The van der Waals surface area contributed by atoms with E-state index in [0.29, 0.717) is 32.8 Å². The minimum absolute atomic E-state index is 0.164. The minimum atomic E-state index is -0.337. The van der Waals surface area contributed by atoms with Crippen LogP contribution in [0.1, 0.15) is 24.2 Å². The van der Waals surface area contributed by atoms with Gasteiger partial charge in [-0.2, -0.15) is 0 Å². The third-order valence-corrected chi connectivity index (χ3v) is 5.95. The molecule has 2 aromatic rings. The van der Waals surface area contributed by atoms with Crippen LogP contribution < -0.4 is 20.1 Å². The number of nitrogens with zero attached hydrogens (tertiary/aromatic N) is 1. The lowest BCUT2D eigenvalue weighted by Crippen LogP contribution is -2.28. The van der Waals surface area contributed by atoms with Gasteiger partial charge in [-0.25, -0.2) is 0 Å². The number of amides is 2. The van der Waals surface area contributed by atoms with Gasteiger partial charge in [0.2, 0.25) is 12.7 Å². The summed E-state index contributed by atoms with van der Waals surface area (Å²) in [5.41, 5.74) is 1.38. The lowest BCUT2D eigenvalue weighted by atomic mass is 10.1. The number of anilines is 2. The highest BCUT2D eigenvalue weighted by Crippen LogP contribution is 2.34. The van der Waals surface area contributed by atoms with Gasteiger partial charge in [-0.1, -0.05) is 36.1 Å². The highest BCUT2D eigenvalue weighted by molar-refractivity contribution is 8.23. The van der Waals surface area contributed by atoms with Crippen LogP contribution in [0.4, 0.5) is 11.4 Å². The molecule has 0 atom stereocenters. The summed E-state index contributed by atoms with van der Waals surface area (Å²) in [5, 5.41) is 5.63. The van der Waals surface area contributed by atoms with Gasteiger partial charge in [0.15, 0.2) is 11.5 Å². The van der Waals surface area contributed by atoms with E-state index in [0.717, 1.165) is 13.1 Å². The Labute approximate surface area is 185 Å². The molecule has 1 heterocycles. The van der Waals surface area contributed by atoms with Crippen molar-refractivity contribution in [1.82, 2.24) is 4.90 Å². The van der Waals surface area contributed by atoms with Gasteiger partial charge >= 0.3 is 0 Å². The molecule has 0 radical (unpaired) electrons. The Balaban J connectivity index is 1.63. The maximum atomic E-state index is 12.8. The van der Waals surface area contributed by atoms with Gasteiger partial charge in [0.25, 0.3) is 5.91 Å². The number of rotatable bonds is 7. The van der Waals surface area contributed by atoms with Crippen LogP contribution >= 0.6 is 24.0 Å².